The molecule has 2 amide bonds. The summed E-state index contributed by atoms with van der Waals surface area (Å²) < 4.78 is 5.51. The number of carbonyl (C=O) groups excluding carboxylic acids is 1. The number of likely N-dealkylation sites (tertiary alicyclic amines) is 1. The molecule has 0 aromatic rings. The van der Waals surface area contributed by atoms with Crippen LogP contribution in [0, 0.1) is 5.92 Å². The number of nitrogens with zero attached hydrogens (tertiary/aromatic N) is 1. The van der Waals surface area contributed by atoms with Gasteiger partial charge in [0.15, 0.2) is 0 Å². The molecular formula is C13H24N2O2. The quantitative estimate of drug-likeness (QED) is 0.802. The molecule has 98 valence electrons. The maximum atomic E-state index is 12.1. The second-order valence-electron chi connectivity index (χ2n) is 5.50. The van der Waals surface area contributed by atoms with Gasteiger partial charge in [0.2, 0.25) is 0 Å². The van der Waals surface area contributed by atoms with Gasteiger partial charge in [-0.15, -0.1) is 0 Å². The molecule has 3 atom stereocenters. The fourth-order valence-electron chi connectivity index (χ4n) is 2.68. The van der Waals surface area contributed by atoms with E-state index in [2.05, 4.69) is 19.2 Å². The van der Waals surface area contributed by atoms with Crippen LogP contribution in [-0.2, 0) is 4.74 Å². The summed E-state index contributed by atoms with van der Waals surface area (Å²) in [6.45, 7) is 6.75. The molecule has 0 aromatic heterocycles. The van der Waals surface area contributed by atoms with Crippen LogP contribution in [0.2, 0.25) is 0 Å². The van der Waals surface area contributed by atoms with Gasteiger partial charge < -0.3 is 15.0 Å². The van der Waals surface area contributed by atoms with Crippen LogP contribution in [0.1, 0.15) is 39.5 Å². The van der Waals surface area contributed by atoms with E-state index >= 15 is 0 Å². The van der Waals surface area contributed by atoms with Crippen molar-refractivity contribution in [3.63, 3.8) is 0 Å². The first kappa shape index (κ1) is 12.7. The molecule has 4 nitrogen and oxygen atoms in total. The Hall–Kier alpha value is -0.770. The third-order valence-corrected chi connectivity index (χ3v) is 3.88. The van der Waals surface area contributed by atoms with Crippen LogP contribution in [-0.4, -0.2) is 42.8 Å². The molecule has 0 aliphatic carbocycles. The molecule has 0 saturated carbocycles. The number of hydrogen-bond acceptors (Lipinski definition) is 2. The summed E-state index contributed by atoms with van der Waals surface area (Å²) in [6, 6.07) is 0.454. The van der Waals surface area contributed by atoms with Crippen molar-refractivity contribution in [3.8, 4) is 0 Å². The van der Waals surface area contributed by atoms with Crippen LogP contribution in [0.3, 0.4) is 0 Å². The Kier molecular flexibility index (Phi) is 4.26. The Labute approximate surface area is 104 Å². The maximum Gasteiger partial charge on any atom is 0.317 e. The van der Waals surface area contributed by atoms with Gasteiger partial charge >= 0.3 is 6.03 Å². The third-order valence-electron chi connectivity index (χ3n) is 3.88. The van der Waals surface area contributed by atoms with E-state index in [-0.39, 0.29) is 12.1 Å². The summed E-state index contributed by atoms with van der Waals surface area (Å²) in [5.41, 5.74) is 0. The Bertz CT molecular complexity index is 264. The Morgan fingerprint density at radius 3 is 2.88 bits per heavy atom. The molecule has 0 unspecified atom stereocenters. The largest absolute Gasteiger partial charge is 0.376 e. The molecule has 2 rings (SSSR count). The van der Waals surface area contributed by atoms with Gasteiger partial charge in [0, 0.05) is 25.7 Å². The number of carbonyl (C=O) groups is 1. The number of nitrogens with one attached hydrogen (secondary N) is 1. The minimum atomic E-state index is 0.0829. The zero-order valence-corrected chi connectivity index (χ0v) is 10.9. The predicted molar refractivity (Wildman–Crippen MR) is 66.9 cm³/mol. The molecule has 0 bridgehead atoms. The summed E-state index contributed by atoms with van der Waals surface area (Å²) in [5.74, 6) is 0.625. The highest BCUT2D eigenvalue weighted by Gasteiger charge is 2.27. The summed E-state index contributed by atoms with van der Waals surface area (Å²) in [4.78, 5) is 14.0. The lowest BCUT2D eigenvalue weighted by Gasteiger charge is -2.36. The Morgan fingerprint density at radius 1 is 1.35 bits per heavy atom. The number of amides is 2. The second kappa shape index (κ2) is 5.71. The van der Waals surface area contributed by atoms with Crippen molar-refractivity contribution in [1.29, 1.82) is 0 Å². The zero-order valence-electron chi connectivity index (χ0n) is 10.9. The van der Waals surface area contributed by atoms with E-state index in [4.69, 9.17) is 4.74 Å². The molecule has 0 spiro atoms. The fraction of sp³-hybridized carbons (Fsp3) is 0.923. The number of piperidine rings is 1. The van der Waals surface area contributed by atoms with E-state index < -0.39 is 0 Å². The van der Waals surface area contributed by atoms with Gasteiger partial charge in [-0.3, -0.25) is 0 Å². The van der Waals surface area contributed by atoms with E-state index in [1.807, 2.05) is 4.90 Å². The summed E-state index contributed by atoms with van der Waals surface area (Å²) in [7, 11) is 0. The summed E-state index contributed by atoms with van der Waals surface area (Å²) in [6.07, 6.45) is 4.78. The van der Waals surface area contributed by atoms with Crippen LogP contribution < -0.4 is 5.32 Å². The molecule has 2 saturated heterocycles. The van der Waals surface area contributed by atoms with Crippen LogP contribution in [0.5, 0.6) is 0 Å². The molecular weight excluding hydrogens is 216 g/mol. The van der Waals surface area contributed by atoms with Gasteiger partial charge in [-0.1, -0.05) is 6.92 Å². The Morgan fingerprint density at radius 2 is 2.18 bits per heavy atom. The number of rotatable bonds is 2. The van der Waals surface area contributed by atoms with E-state index in [9.17, 15) is 4.79 Å². The molecule has 2 heterocycles. The maximum absolute atomic E-state index is 12.1. The number of urea groups is 1. The monoisotopic (exact) mass is 240 g/mol. The molecule has 2 aliphatic rings. The van der Waals surface area contributed by atoms with Gasteiger partial charge in [-0.2, -0.15) is 0 Å². The number of ether oxygens (including phenoxy) is 1. The SMILES string of the molecule is C[C@@H]1CC[C@@H](C)N(C(=O)NC[C@@H]2CCCO2)C1. The van der Waals surface area contributed by atoms with Crippen molar-refractivity contribution in [3.05, 3.63) is 0 Å². The summed E-state index contributed by atoms with van der Waals surface area (Å²) in [5, 5.41) is 3.01. The normalized spacial score (nSPS) is 33.8. The molecule has 0 radical (unpaired) electrons. The Balaban J connectivity index is 1.77. The van der Waals surface area contributed by atoms with Gasteiger partial charge in [-0.25, -0.2) is 4.79 Å². The van der Waals surface area contributed by atoms with Crippen molar-refractivity contribution in [1.82, 2.24) is 10.2 Å². The average Bonchev–Trinajstić information content (AvgIpc) is 2.82. The minimum Gasteiger partial charge on any atom is -0.376 e. The standard InChI is InChI=1S/C13H24N2O2/c1-10-5-6-11(2)15(9-10)13(16)14-8-12-4-3-7-17-12/h10-12H,3-9H2,1-2H3,(H,14,16)/t10-,11-,12+/m1/s1. The van der Waals surface area contributed by atoms with E-state index in [1.54, 1.807) is 0 Å². The van der Waals surface area contributed by atoms with Gasteiger partial charge in [0.1, 0.15) is 0 Å². The van der Waals surface area contributed by atoms with Crippen molar-refractivity contribution < 1.29 is 9.53 Å². The zero-order chi connectivity index (χ0) is 12.3. The molecule has 17 heavy (non-hydrogen) atoms. The van der Waals surface area contributed by atoms with Crippen molar-refractivity contribution in [2.75, 3.05) is 19.7 Å². The predicted octanol–water partition coefficient (Wildman–Crippen LogP) is 2.00. The number of hydrogen-bond donors (Lipinski definition) is 1. The molecule has 1 N–H and O–H groups in total. The molecule has 0 aromatic carbocycles. The topological polar surface area (TPSA) is 41.6 Å². The minimum absolute atomic E-state index is 0.0829. The van der Waals surface area contributed by atoms with Crippen molar-refractivity contribution in [2.24, 2.45) is 5.92 Å². The van der Waals surface area contributed by atoms with Crippen LogP contribution in [0.4, 0.5) is 4.79 Å². The third kappa shape index (κ3) is 3.35. The highest BCUT2D eigenvalue weighted by Crippen LogP contribution is 2.21. The van der Waals surface area contributed by atoms with E-state index in [0.29, 0.717) is 18.5 Å². The molecule has 2 fully saturated rings. The lowest BCUT2D eigenvalue weighted by atomic mass is 9.95. The second-order valence-corrected chi connectivity index (χ2v) is 5.50. The average molecular weight is 240 g/mol. The first-order valence-electron chi connectivity index (χ1n) is 6.83. The van der Waals surface area contributed by atoms with Crippen molar-refractivity contribution >= 4 is 6.03 Å². The van der Waals surface area contributed by atoms with Crippen LogP contribution in [0.15, 0.2) is 0 Å². The molecule has 2 aliphatic heterocycles. The van der Waals surface area contributed by atoms with Crippen molar-refractivity contribution in [2.45, 2.75) is 51.7 Å². The first-order valence-corrected chi connectivity index (χ1v) is 6.83. The van der Waals surface area contributed by atoms with E-state index in [1.165, 1.54) is 6.42 Å². The smallest absolute Gasteiger partial charge is 0.317 e. The van der Waals surface area contributed by atoms with Gasteiger partial charge in [-0.05, 0) is 38.5 Å². The highest BCUT2D eigenvalue weighted by molar-refractivity contribution is 5.74. The van der Waals surface area contributed by atoms with Crippen LogP contribution in [0.25, 0.3) is 0 Å². The van der Waals surface area contributed by atoms with Gasteiger partial charge in [0.25, 0.3) is 0 Å². The highest BCUT2D eigenvalue weighted by atomic mass is 16.5. The molecule has 4 heteroatoms. The van der Waals surface area contributed by atoms with Crippen LogP contribution >= 0.6 is 0 Å². The summed E-state index contributed by atoms with van der Waals surface area (Å²) >= 11 is 0. The van der Waals surface area contributed by atoms with E-state index in [0.717, 1.165) is 32.4 Å². The first-order chi connectivity index (χ1) is 8.16. The fourth-order valence-corrected chi connectivity index (χ4v) is 2.68. The van der Waals surface area contributed by atoms with Gasteiger partial charge in [0.05, 0.1) is 6.10 Å². The lowest BCUT2D eigenvalue weighted by Crippen LogP contribution is -2.50. The lowest BCUT2D eigenvalue weighted by molar-refractivity contribution is 0.102.